The molecule has 4 rings (SSSR count). The number of fused-ring (bicyclic) bond motifs is 1. The average molecular weight is 434 g/mol. The number of pyridine rings is 1. The van der Waals surface area contributed by atoms with Crippen molar-refractivity contribution in [3.63, 3.8) is 0 Å². The number of benzene rings is 2. The van der Waals surface area contributed by atoms with Crippen LogP contribution in [0, 0.1) is 17.0 Å². The molecule has 4 aromatic rings. The molecule has 2 aromatic carbocycles. The molecule has 0 aliphatic heterocycles. The van der Waals surface area contributed by atoms with Gasteiger partial charge in [0.15, 0.2) is 6.10 Å². The summed E-state index contributed by atoms with van der Waals surface area (Å²) in [6, 6.07) is 12.8. The van der Waals surface area contributed by atoms with E-state index in [0.29, 0.717) is 28.1 Å². The molecule has 1 unspecified atom stereocenters. The van der Waals surface area contributed by atoms with Gasteiger partial charge in [0.25, 0.3) is 11.6 Å². The van der Waals surface area contributed by atoms with Crippen molar-refractivity contribution < 1.29 is 23.6 Å². The van der Waals surface area contributed by atoms with E-state index >= 15 is 0 Å². The lowest BCUT2D eigenvalue weighted by Crippen LogP contribution is -2.12. The molecule has 10 heteroatoms. The number of aromatic nitrogens is 3. The molecule has 1 atom stereocenters. The summed E-state index contributed by atoms with van der Waals surface area (Å²) in [5.41, 5.74) is 2.01. The first-order valence-electron chi connectivity index (χ1n) is 9.60. The molecule has 0 saturated heterocycles. The second-order valence-corrected chi connectivity index (χ2v) is 6.98. The largest absolute Gasteiger partial charge is 0.497 e. The predicted octanol–water partition coefficient (Wildman–Crippen LogP) is 4.43. The highest BCUT2D eigenvalue weighted by atomic mass is 16.6. The molecule has 162 valence electrons. The topological polar surface area (TPSA) is 130 Å². The van der Waals surface area contributed by atoms with Crippen molar-refractivity contribution in [1.82, 2.24) is 15.2 Å². The Morgan fingerprint density at radius 3 is 2.56 bits per heavy atom. The molecule has 10 nitrogen and oxygen atoms in total. The zero-order chi connectivity index (χ0) is 22.8. The first-order chi connectivity index (χ1) is 15.4. The van der Waals surface area contributed by atoms with Crippen LogP contribution >= 0.6 is 0 Å². The first kappa shape index (κ1) is 20.9. The maximum atomic E-state index is 12.8. The molecule has 0 aliphatic carbocycles. The highest BCUT2D eigenvalue weighted by Crippen LogP contribution is 2.26. The number of carbonyl (C=O) groups is 1. The standard InChI is InChI=1S/C22H18N4O6/c1-12-18(10-15-6-9-17(30-3)11-19(15)23-12)22(27)31-13(2)20-24-25-21(32-20)14-4-7-16(8-5-14)26(28)29/h4-11,13H,1-3H3. The zero-order valence-corrected chi connectivity index (χ0v) is 17.4. The van der Waals surface area contributed by atoms with Crippen LogP contribution in [0.5, 0.6) is 5.75 Å². The second-order valence-electron chi connectivity index (χ2n) is 6.98. The summed E-state index contributed by atoms with van der Waals surface area (Å²) in [7, 11) is 1.58. The van der Waals surface area contributed by atoms with Crippen molar-refractivity contribution in [3.05, 3.63) is 75.8 Å². The van der Waals surface area contributed by atoms with Crippen LogP contribution < -0.4 is 4.74 Å². The number of aryl methyl sites for hydroxylation is 1. The summed E-state index contributed by atoms with van der Waals surface area (Å²) >= 11 is 0. The molecular formula is C22H18N4O6. The van der Waals surface area contributed by atoms with Crippen molar-refractivity contribution in [2.75, 3.05) is 7.11 Å². The van der Waals surface area contributed by atoms with Crippen LogP contribution in [-0.2, 0) is 4.74 Å². The predicted molar refractivity (Wildman–Crippen MR) is 113 cm³/mol. The van der Waals surface area contributed by atoms with Gasteiger partial charge in [-0.15, -0.1) is 10.2 Å². The molecule has 0 bridgehead atoms. The third-order valence-corrected chi connectivity index (χ3v) is 4.83. The number of hydrogen-bond donors (Lipinski definition) is 0. The minimum atomic E-state index is -0.812. The quantitative estimate of drug-likeness (QED) is 0.246. The van der Waals surface area contributed by atoms with Crippen molar-refractivity contribution in [2.45, 2.75) is 20.0 Å². The van der Waals surface area contributed by atoms with Crippen LogP contribution in [0.25, 0.3) is 22.4 Å². The Bertz CT molecular complexity index is 1320. The third kappa shape index (κ3) is 4.10. The zero-order valence-electron chi connectivity index (χ0n) is 17.4. The normalized spacial score (nSPS) is 11.8. The van der Waals surface area contributed by atoms with Gasteiger partial charge >= 0.3 is 5.97 Å². The van der Waals surface area contributed by atoms with E-state index in [9.17, 15) is 14.9 Å². The van der Waals surface area contributed by atoms with Crippen molar-refractivity contribution in [2.24, 2.45) is 0 Å². The number of non-ortho nitro benzene ring substituents is 1. The Kier molecular flexibility index (Phi) is 5.50. The average Bonchev–Trinajstić information content (AvgIpc) is 3.28. The van der Waals surface area contributed by atoms with Gasteiger partial charge in [0.05, 0.1) is 28.8 Å². The number of nitrogens with zero attached hydrogens (tertiary/aromatic N) is 4. The van der Waals surface area contributed by atoms with Crippen LogP contribution in [0.4, 0.5) is 5.69 Å². The molecular weight excluding hydrogens is 416 g/mol. The Balaban J connectivity index is 1.51. The van der Waals surface area contributed by atoms with E-state index in [4.69, 9.17) is 13.9 Å². The fourth-order valence-electron chi connectivity index (χ4n) is 3.09. The number of hydrogen-bond acceptors (Lipinski definition) is 9. The molecule has 0 amide bonds. The summed E-state index contributed by atoms with van der Waals surface area (Å²) in [5, 5.41) is 19.4. The molecule has 0 saturated carbocycles. The summed E-state index contributed by atoms with van der Waals surface area (Å²) in [6.07, 6.45) is -0.812. The van der Waals surface area contributed by atoms with Gasteiger partial charge in [0, 0.05) is 29.1 Å². The van der Waals surface area contributed by atoms with Crippen LogP contribution in [0.15, 0.2) is 52.9 Å². The van der Waals surface area contributed by atoms with Crippen LogP contribution in [0.3, 0.4) is 0 Å². The van der Waals surface area contributed by atoms with E-state index in [2.05, 4.69) is 15.2 Å². The number of esters is 1. The third-order valence-electron chi connectivity index (χ3n) is 4.83. The summed E-state index contributed by atoms with van der Waals surface area (Å²) in [5.74, 6) is 0.363. The van der Waals surface area contributed by atoms with E-state index in [1.54, 1.807) is 39.2 Å². The number of rotatable bonds is 6. The maximum absolute atomic E-state index is 12.8. The molecule has 0 aliphatic rings. The van der Waals surface area contributed by atoms with Gasteiger partial charge in [0.2, 0.25) is 5.89 Å². The molecule has 0 N–H and O–H groups in total. The van der Waals surface area contributed by atoms with Gasteiger partial charge in [0.1, 0.15) is 5.75 Å². The van der Waals surface area contributed by atoms with Crippen LogP contribution in [0.2, 0.25) is 0 Å². The minimum Gasteiger partial charge on any atom is -0.497 e. The Morgan fingerprint density at radius 1 is 1.12 bits per heavy atom. The Morgan fingerprint density at radius 2 is 1.88 bits per heavy atom. The lowest BCUT2D eigenvalue weighted by atomic mass is 10.1. The van der Waals surface area contributed by atoms with Gasteiger partial charge < -0.3 is 13.9 Å². The van der Waals surface area contributed by atoms with Crippen LogP contribution in [-0.4, -0.2) is 33.2 Å². The molecule has 32 heavy (non-hydrogen) atoms. The number of methoxy groups -OCH3 is 1. The maximum Gasteiger partial charge on any atom is 0.340 e. The number of carbonyl (C=O) groups excluding carboxylic acids is 1. The number of ether oxygens (including phenoxy) is 2. The Labute approximate surface area is 182 Å². The van der Waals surface area contributed by atoms with Crippen molar-refractivity contribution in [1.29, 1.82) is 0 Å². The second kappa shape index (κ2) is 8.42. The SMILES string of the molecule is COc1ccc2cc(C(=O)OC(C)c3nnc(-c4ccc([N+](=O)[O-])cc4)o3)c(C)nc2c1. The number of nitro groups is 1. The lowest BCUT2D eigenvalue weighted by Gasteiger charge is -2.12. The first-order valence-corrected chi connectivity index (χ1v) is 9.60. The van der Waals surface area contributed by atoms with E-state index in [0.717, 1.165) is 5.39 Å². The van der Waals surface area contributed by atoms with Gasteiger partial charge in [-0.05, 0) is 44.2 Å². The molecule has 0 fully saturated rings. The van der Waals surface area contributed by atoms with E-state index in [-0.39, 0.29) is 17.5 Å². The van der Waals surface area contributed by atoms with Crippen LogP contribution in [0.1, 0.15) is 35.0 Å². The summed E-state index contributed by atoms with van der Waals surface area (Å²) in [4.78, 5) is 27.5. The van der Waals surface area contributed by atoms with Gasteiger partial charge in [-0.2, -0.15) is 0 Å². The highest BCUT2D eigenvalue weighted by molar-refractivity contribution is 5.95. The van der Waals surface area contributed by atoms with Gasteiger partial charge in [-0.1, -0.05) is 0 Å². The minimum absolute atomic E-state index is 0.0476. The fraction of sp³-hybridized carbons (Fsp3) is 0.182. The summed E-state index contributed by atoms with van der Waals surface area (Å²) in [6.45, 7) is 3.33. The fourth-order valence-corrected chi connectivity index (χ4v) is 3.09. The van der Waals surface area contributed by atoms with E-state index < -0.39 is 17.0 Å². The highest BCUT2D eigenvalue weighted by Gasteiger charge is 2.22. The number of nitro benzene ring substituents is 1. The monoisotopic (exact) mass is 434 g/mol. The molecule has 0 radical (unpaired) electrons. The van der Waals surface area contributed by atoms with Gasteiger partial charge in [-0.25, -0.2) is 4.79 Å². The van der Waals surface area contributed by atoms with Crippen molar-refractivity contribution >= 4 is 22.6 Å². The summed E-state index contributed by atoms with van der Waals surface area (Å²) < 4.78 is 16.3. The van der Waals surface area contributed by atoms with Crippen molar-refractivity contribution in [3.8, 4) is 17.2 Å². The Hall–Kier alpha value is -4.34. The molecule has 0 spiro atoms. The van der Waals surface area contributed by atoms with E-state index in [1.807, 2.05) is 6.07 Å². The lowest BCUT2D eigenvalue weighted by molar-refractivity contribution is -0.384. The van der Waals surface area contributed by atoms with E-state index in [1.165, 1.54) is 24.3 Å². The molecule has 2 heterocycles. The molecule has 2 aromatic heterocycles. The van der Waals surface area contributed by atoms with Gasteiger partial charge in [-0.3, -0.25) is 15.1 Å². The smallest absolute Gasteiger partial charge is 0.340 e.